The molecule has 84 valence electrons. The van der Waals surface area contributed by atoms with Crippen LogP contribution in [-0.2, 0) is 9.53 Å². The number of amides is 1. The number of rotatable bonds is 2. The Morgan fingerprint density at radius 3 is 3.00 bits per heavy atom. The summed E-state index contributed by atoms with van der Waals surface area (Å²) in [5, 5.41) is 4.03. The molecule has 0 saturated carbocycles. The number of nitrogens with one attached hydrogen (secondary N) is 1. The van der Waals surface area contributed by atoms with Crippen molar-refractivity contribution in [2.45, 2.75) is 0 Å². The van der Waals surface area contributed by atoms with Crippen molar-refractivity contribution in [3.05, 3.63) is 0 Å². The SMILES string of the molecule is O=C(CSC1=NCCN1)N1CCOCC1. The van der Waals surface area contributed by atoms with Crippen LogP contribution in [0.15, 0.2) is 4.99 Å². The molecule has 1 fully saturated rings. The molecule has 15 heavy (non-hydrogen) atoms. The molecule has 2 rings (SSSR count). The number of carbonyl (C=O) groups excluding carboxylic acids is 1. The van der Waals surface area contributed by atoms with Crippen LogP contribution in [0.3, 0.4) is 0 Å². The number of nitrogens with zero attached hydrogens (tertiary/aromatic N) is 2. The van der Waals surface area contributed by atoms with Gasteiger partial charge in [0.05, 0.1) is 25.5 Å². The Morgan fingerprint density at radius 2 is 2.33 bits per heavy atom. The first-order chi connectivity index (χ1) is 7.36. The fraction of sp³-hybridized carbons (Fsp3) is 0.778. The van der Waals surface area contributed by atoms with E-state index in [0.29, 0.717) is 19.0 Å². The molecule has 0 spiro atoms. The number of aliphatic imine (C=N–C) groups is 1. The predicted octanol–water partition coefficient (Wildman–Crippen LogP) is -0.462. The minimum absolute atomic E-state index is 0.180. The Morgan fingerprint density at radius 1 is 1.53 bits per heavy atom. The zero-order chi connectivity index (χ0) is 10.5. The number of morpholine rings is 1. The Kier molecular flexibility index (Phi) is 3.85. The Balaban J connectivity index is 1.71. The molecule has 5 nitrogen and oxygen atoms in total. The summed E-state index contributed by atoms with van der Waals surface area (Å²) < 4.78 is 5.19. The molecule has 0 unspecified atom stereocenters. The van der Waals surface area contributed by atoms with Crippen molar-refractivity contribution in [1.29, 1.82) is 0 Å². The molecule has 0 aromatic heterocycles. The molecule has 0 aromatic carbocycles. The zero-order valence-electron chi connectivity index (χ0n) is 8.57. The van der Waals surface area contributed by atoms with Crippen molar-refractivity contribution in [3.8, 4) is 0 Å². The maximum atomic E-state index is 11.7. The lowest BCUT2D eigenvalue weighted by Crippen LogP contribution is -2.41. The molecule has 0 atom stereocenters. The second kappa shape index (κ2) is 5.37. The first-order valence-electron chi connectivity index (χ1n) is 5.13. The van der Waals surface area contributed by atoms with Gasteiger partial charge < -0.3 is 15.0 Å². The first kappa shape index (κ1) is 10.8. The smallest absolute Gasteiger partial charge is 0.233 e. The van der Waals surface area contributed by atoms with Gasteiger partial charge in [0.1, 0.15) is 0 Å². The molecular weight excluding hydrogens is 214 g/mol. The number of hydrogen-bond acceptors (Lipinski definition) is 5. The zero-order valence-corrected chi connectivity index (χ0v) is 9.39. The quantitative estimate of drug-likeness (QED) is 0.696. The van der Waals surface area contributed by atoms with Gasteiger partial charge in [-0.15, -0.1) is 0 Å². The molecule has 0 radical (unpaired) electrons. The summed E-state index contributed by atoms with van der Waals surface area (Å²) in [5.41, 5.74) is 0. The summed E-state index contributed by atoms with van der Waals surface area (Å²) in [6.45, 7) is 4.49. The number of hydrogen-bond donors (Lipinski definition) is 1. The second-order valence-electron chi connectivity index (χ2n) is 3.40. The maximum Gasteiger partial charge on any atom is 0.233 e. The summed E-state index contributed by atoms with van der Waals surface area (Å²) >= 11 is 1.49. The maximum absolute atomic E-state index is 11.7. The largest absolute Gasteiger partial charge is 0.378 e. The minimum atomic E-state index is 0.180. The normalized spacial score (nSPS) is 21.1. The molecule has 1 amide bonds. The van der Waals surface area contributed by atoms with Gasteiger partial charge in [0.25, 0.3) is 0 Å². The van der Waals surface area contributed by atoms with Crippen LogP contribution in [0.1, 0.15) is 0 Å². The monoisotopic (exact) mass is 229 g/mol. The van der Waals surface area contributed by atoms with Gasteiger partial charge in [-0.2, -0.15) is 0 Å². The van der Waals surface area contributed by atoms with Crippen LogP contribution < -0.4 is 5.32 Å². The van der Waals surface area contributed by atoms with Gasteiger partial charge >= 0.3 is 0 Å². The van der Waals surface area contributed by atoms with Crippen LogP contribution in [0.25, 0.3) is 0 Å². The van der Waals surface area contributed by atoms with Crippen molar-refractivity contribution in [1.82, 2.24) is 10.2 Å². The number of carbonyl (C=O) groups is 1. The van der Waals surface area contributed by atoms with Crippen LogP contribution in [-0.4, -0.2) is 61.1 Å². The highest BCUT2D eigenvalue weighted by atomic mass is 32.2. The van der Waals surface area contributed by atoms with E-state index in [1.54, 1.807) is 0 Å². The van der Waals surface area contributed by atoms with Crippen LogP contribution >= 0.6 is 11.8 Å². The van der Waals surface area contributed by atoms with E-state index in [1.807, 2.05) is 4.90 Å². The Bertz CT molecular complexity index is 264. The average Bonchev–Trinajstić information content (AvgIpc) is 2.80. The van der Waals surface area contributed by atoms with Crippen molar-refractivity contribution in [2.24, 2.45) is 4.99 Å². The first-order valence-corrected chi connectivity index (χ1v) is 6.11. The molecule has 0 aliphatic carbocycles. The van der Waals surface area contributed by atoms with E-state index in [2.05, 4.69) is 10.3 Å². The lowest BCUT2D eigenvalue weighted by Gasteiger charge is -2.26. The molecule has 6 heteroatoms. The lowest BCUT2D eigenvalue weighted by atomic mass is 10.4. The molecule has 0 aromatic rings. The Hall–Kier alpha value is -0.750. The predicted molar refractivity (Wildman–Crippen MR) is 60.2 cm³/mol. The fourth-order valence-electron chi connectivity index (χ4n) is 1.51. The highest BCUT2D eigenvalue weighted by molar-refractivity contribution is 8.14. The van der Waals surface area contributed by atoms with Crippen molar-refractivity contribution in [3.63, 3.8) is 0 Å². The van der Waals surface area contributed by atoms with Crippen molar-refractivity contribution in [2.75, 3.05) is 45.1 Å². The van der Waals surface area contributed by atoms with E-state index < -0.39 is 0 Å². The number of thioether (sulfide) groups is 1. The van der Waals surface area contributed by atoms with Crippen molar-refractivity contribution < 1.29 is 9.53 Å². The molecular formula is C9H15N3O2S. The highest BCUT2D eigenvalue weighted by Gasteiger charge is 2.17. The summed E-state index contributed by atoms with van der Waals surface area (Å²) in [6, 6.07) is 0. The summed E-state index contributed by atoms with van der Waals surface area (Å²) in [7, 11) is 0. The van der Waals surface area contributed by atoms with Crippen LogP contribution in [0, 0.1) is 0 Å². The highest BCUT2D eigenvalue weighted by Crippen LogP contribution is 2.08. The lowest BCUT2D eigenvalue weighted by molar-refractivity contribution is -0.132. The molecule has 0 bridgehead atoms. The molecule has 2 aliphatic heterocycles. The van der Waals surface area contributed by atoms with Gasteiger partial charge in [0, 0.05) is 19.6 Å². The standard InChI is InChI=1S/C9H15N3O2S/c13-8(12-3-5-14-6-4-12)7-15-9-10-1-2-11-9/h1-7H2,(H,10,11). The second-order valence-corrected chi connectivity index (χ2v) is 4.36. The van der Waals surface area contributed by atoms with Crippen molar-refractivity contribution >= 4 is 22.8 Å². The van der Waals surface area contributed by atoms with Crippen LogP contribution in [0.4, 0.5) is 0 Å². The fourth-order valence-corrected chi connectivity index (χ4v) is 2.34. The summed E-state index contributed by atoms with van der Waals surface area (Å²) in [6.07, 6.45) is 0. The molecule has 2 heterocycles. The molecule has 1 saturated heterocycles. The topological polar surface area (TPSA) is 53.9 Å². The van der Waals surface area contributed by atoms with E-state index >= 15 is 0 Å². The summed E-state index contributed by atoms with van der Waals surface area (Å²) in [4.78, 5) is 17.8. The van der Waals surface area contributed by atoms with E-state index in [9.17, 15) is 4.79 Å². The van der Waals surface area contributed by atoms with E-state index in [0.717, 1.165) is 31.3 Å². The third-order valence-corrected chi connectivity index (χ3v) is 3.28. The molecule has 1 N–H and O–H groups in total. The number of amidine groups is 1. The minimum Gasteiger partial charge on any atom is -0.378 e. The third kappa shape index (κ3) is 3.10. The van der Waals surface area contributed by atoms with Crippen LogP contribution in [0.2, 0.25) is 0 Å². The summed E-state index contributed by atoms with van der Waals surface area (Å²) in [5.74, 6) is 0.658. The Labute approximate surface area is 93.3 Å². The van der Waals surface area contributed by atoms with Crippen LogP contribution in [0.5, 0.6) is 0 Å². The number of ether oxygens (including phenoxy) is 1. The average molecular weight is 229 g/mol. The molecule has 2 aliphatic rings. The van der Waals surface area contributed by atoms with Gasteiger partial charge in [-0.25, -0.2) is 0 Å². The van der Waals surface area contributed by atoms with Gasteiger partial charge in [0.2, 0.25) is 5.91 Å². The van der Waals surface area contributed by atoms with Gasteiger partial charge in [-0.3, -0.25) is 9.79 Å². The van der Waals surface area contributed by atoms with Gasteiger partial charge in [0.15, 0.2) is 5.17 Å². The van der Waals surface area contributed by atoms with E-state index in [-0.39, 0.29) is 5.91 Å². The van der Waals surface area contributed by atoms with E-state index in [1.165, 1.54) is 11.8 Å². The van der Waals surface area contributed by atoms with Gasteiger partial charge in [-0.1, -0.05) is 11.8 Å². The van der Waals surface area contributed by atoms with Gasteiger partial charge in [-0.05, 0) is 0 Å². The third-order valence-electron chi connectivity index (χ3n) is 2.34. The van der Waals surface area contributed by atoms with E-state index in [4.69, 9.17) is 4.74 Å².